The Morgan fingerprint density at radius 3 is 2.47 bits per heavy atom. The summed E-state index contributed by atoms with van der Waals surface area (Å²) in [5.41, 5.74) is 2.52. The Balaban J connectivity index is 2.80. The molecule has 1 amide bonds. The quantitative estimate of drug-likeness (QED) is 0.886. The van der Waals surface area contributed by atoms with E-state index in [0.29, 0.717) is 19.5 Å². The Morgan fingerprint density at radius 1 is 1.32 bits per heavy atom. The van der Waals surface area contributed by atoms with E-state index in [1.54, 1.807) is 18.7 Å². The summed E-state index contributed by atoms with van der Waals surface area (Å²) in [6.07, 6.45) is 0.400. The van der Waals surface area contributed by atoms with Gasteiger partial charge in [0.05, 0.1) is 12.0 Å². The lowest BCUT2D eigenvalue weighted by Gasteiger charge is -2.28. The number of carbonyl (C=O) groups excluding carboxylic acids is 1. The maximum Gasteiger partial charge on any atom is 0.227 e. The predicted molar refractivity (Wildman–Crippen MR) is 78.2 cm³/mol. The summed E-state index contributed by atoms with van der Waals surface area (Å²) in [7, 11) is 0. The average molecular weight is 263 g/mol. The summed E-state index contributed by atoms with van der Waals surface area (Å²) in [5.74, 6) is 0.0679. The zero-order chi connectivity index (χ0) is 14.6. The van der Waals surface area contributed by atoms with Crippen LogP contribution >= 0.6 is 0 Å². The molecule has 0 aromatic heterocycles. The number of carbonyl (C=O) groups is 1. The van der Waals surface area contributed by atoms with Gasteiger partial charge in [0.2, 0.25) is 5.91 Å². The van der Waals surface area contributed by atoms with Crippen LogP contribution in [0.25, 0.3) is 0 Å². The molecule has 106 valence electrons. The molecular weight excluding hydrogens is 238 g/mol. The highest BCUT2D eigenvalue weighted by Crippen LogP contribution is 2.13. The summed E-state index contributed by atoms with van der Waals surface area (Å²) < 4.78 is 0. The lowest BCUT2D eigenvalue weighted by molar-refractivity contribution is -0.133. The molecule has 0 spiro atoms. The predicted octanol–water partition coefficient (Wildman–Crippen LogP) is 2.47. The molecule has 0 unspecified atom stereocenters. The number of hydrogen-bond acceptors (Lipinski definition) is 2. The van der Waals surface area contributed by atoms with Crippen LogP contribution < -0.4 is 0 Å². The highest BCUT2D eigenvalue weighted by Gasteiger charge is 2.21. The van der Waals surface area contributed by atoms with Crippen molar-refractivity contribution in [1.82, 2.24) is 4.90 Å². The molecule has 0 saturated heterocycles. The van der Waals surface area contributed by atoms with E-state index in [-0.39, 0.29) is 5.91 Å². The van der Waals surface area contributed by atoms with Gasteiger partial charge in [-0.3, -0.25) is 4.79 Å². The van der Waals surface area contributed by atoms with Crippen LogP contribution in [0.5, 0.6) is 0 Å². The minimum Gasteiger partial charge on any atom is -0.389 e. The van der Waals surface area contributed by atoms with Gasteiger partial charge in [0, 0.05) is 13.1 Å². The monoisotopic (exact) mass is 263 g/mol. The van der Waals surface area contributed by atoms with E-state index < -0.39 is 5.60 Å². The van der Waals surface area contributed by atoms with Gasteiger partial charge >= 0.3 is 0 Å². The molecule has 0 aliphatic heterocycles. The summed E-state index contributed by atoms with van der Waals surface area (Å²) in [4.78, 5) is 14.0. The van der Waals surface area contributed by atoms with Gasteiger partial charge in [0.25, 0.3) is 0 Å². The first-order valence-electron chi connectivity index (χ1n) is 6.79. The Bertz CT molecular complexity index is 447. The van der Waals surface area contributed by atoms with E-state index in [4.69, 9.17) is 0 Å². The topological polar surface area (TPSA) is 40.5 Å². The van der Waals surface area contributed by atoms with Crippen molar-refractivity contribution >= 4 is 5.91 Å². The van der Waals surface area contributed by atoms with E-state index in [1.807, 2.05) is 26.8 Å². The number of rotatable bonds is 5. The van der Waals surface area contributed by atoms with Gasteiger partial charge in [-0.25, -0.2) is 0 Å². The second-order valence-corrected chi connectivity index (χ2v) is 5.83. The molecule has 0 aliphatic carbocycles. The normalized spacial score (nSPS) is 11.5. The Morgan fingerprint density at radius 2 is 1.95 bits per heavy atom. The average Bonchev–Trinajstić information content (AvgIpc) is 2.29. The Labute approximate surface area is 116 Å². The molecule has 1 aromatic carbocycles. The van der Waals surface area contributed by atoms with E-state index in [9.17, 15) is 9.90 Å². The van der Waals surface area contributed by atoms with Crippen LogP contribution in [-0.2, 0) is 11.2 Å². The van der Waals surface area contributed by atoms with Gasteiger partial charge in [-0.2, -0.15) is 0 Å². The molecule has 0 radical (unpaired) electrons. The Kier molecular flexibility index (Phi) is 5.12. The summed E-state index contributed by atoms with van der Waals surface area (Å²) in [6.45, 7) is 10.4. The second kappa shape index (κ2) is 6.20. The number of likely N-dealkylation sites (N-methyl/N-ethyl adjacent to an activating group) is 1. The second-order valence-electron chi connectivity index (χ2n) is 5.83. The number of aryl methyl sites for hydroxylation is 2. The largest absolute Gasteiger partial charge is 0.389 e. The van der Waals surface area contributed by atoms with Gasteiger partial charge < -0.3 is 10.0 Å². The first-order chi connectivity index (χ1) is 8.73. The van der Waals surface area contributed by atoms with Crippen molar-refractivity contribution in [3.63, 3.8) is 0 Å². The van der Waals surface area contributed by atoms with Gasteiger partial charge in [0.15, 0.2) is 0 Å². The molecule has 1 rings (SSSR count). The van der Waals surface area contributed by atoms with Crippen LogP contribution in [0.1, 0.15) is 37.5 Å². The van der Waals surface area contributed by atoms with Crippen molar-refractivity contribution < 1.29 is 9.90 Å². The molecule has 0 aliphatic rings. The molecule has 1 N–H and O–H groups in total. The third-order valence-corrected chi connectivity index (χ3v) is 3.16. The van der Waals surface area contributed by atoms with Crippen molar-refractivity contribution in [1.29, 1.82) is 0 Å². The minimum absolute atomic E-state index is 0.0679. The fourth-order valence-electron chi connectivity index (χ4n) is 2.11. The summed E-state index contributed by atoms with van der Waals surface area (Å²) in [6, 6.07) is 6.16. The van der Waals surface area contributed by atoms with Crippen molar-refractivity contribution in [2.45, 2.75) is 46.6 Å². The third-order valence-electron chi connectivity index (χ3n) is 3.16. The number of aliphatic hydroxyl groups is 1. The summed E-state index contributed by atoms with van der Waals surface area (Å²) in [5, 5.41) is 9.84. The van der Waals surface area contributed by atoms with E-state index in [2.05, 4.69) is 12.1 Å². The first-order valence-corrected chi connectivity index (χ1v) is 6.79. The van der Waals surface area contributed by atoms with Crippen LogP contribution in [0.3, 0.4) is 0 Å². The van der Waals surface area contributed by atoms with E-state index in [1.165, 1.54) is 5.56 Å². The zero-order valence-corrected chi connectivity index (χ0v) is 12.7. The maximum atomic E-state index is 12.3. The van der Waals surface area contributed by atoms with Crippen LogP contribution in [0.4, 0.5) is 0 Å². The third kappa shape index (κ3) is 5.03. The highest BCUT2D eigenvalue weighted by atomic mass is 16.3. The molecule has 0 fully saturated rings. The van der Waals surface area contributed by atoms with Crippen LogP contribution in [-0.4, -0.2) is 34.6 Å². The molecule has 3 nitrogen and oxygen atoms in total. The summed E-state index contributed by atoms with van der Waals surface area (Å²) >= 11 is 0. The van der Waals surface area contributed by atoms with E-state index >= 15 is 0 Å². The smallest absolute Gasteiger partial charge is 0.227 e. The maximum absolute atomic E-state index is 12.3. The molecular formula is C16H25NO2. The Hall–Kier alpha value is -1.35. The van der Waals surface area contributed by atoms with Crippen molar-refractivity contribution in [2.24, 2.45) is 0 Å². The number of amides is 1. The van der Waals surface area contributed by atoms with Crippen LogP contribution in [0.15, 0.2) is 18.2 Å². The fourth-order valence-corrected chi connectivity index (χ4v) is 2.11. The van der Waals surface area contributed by atoms with Gasteiger partial charge in [-0.05, 0) is 45.7 Å². The van der Waals surface area contributed by atoms with Crippen molar-refractivity contribution in [2.75, 3.05) is 13.1 Å². The molecule has 0 atom stereocenters. The molecule has 0 heterocycles. The van der Waals surface area contributed by atoms with Crippen LogP contribution in [0, 0.1) is 13.8 Å². The molecule has 0 saturated carbocycles. The van der Waals surface area contributed by atoms with E-state index in [0.717, 1.165) is 11.1 Å². The van der Waals surface area contributed by atoms with Gasteiger partial charge in [-0.1, -0.05) is 23.8 Å². The standard InChI is InChI=1S/C16H25NO2/c1-6-17(11-16(4,5)19)15(18)10-14-9-12(2)7-8-13(14)3/h7-9,19H,6,10-11H2,1-5H3. The van der Waals surface area contributed by atoms with Crippen LogP contribution in [0.2, 0.25) is 0 Å². The SMILES string of the molecule is CCN(CC(C)(C)O)C(=O)Cc1cc(C)ccc1C. The van der Waals surface area contributed by atoms with Gasteiger partial charge in [-0.15, -0.1) is 0 Å². The lowest BCUT2D eigenvalue weighted by Crippen LogP contribution is -2.42. The molecule has 19 heavy (non-hydrogen) atoms. The molecule has 1 aromatic rings. The van der Waals surface area contributed by atoms with Crippen molar-refractivity contribution in [3.05, 3.63) is 34.9 Å². The fraction of sp³-hybridized carbons (Fsp3) is 0.562. The zero-order valence-electron chi connectivity index (χ0n) is 12.7. The number of nitrogens with zero attached hydrogens (tertiary/aromatic N) is 1. The highest BCUT2D eigenvalue weighted by molar-refractivity contribution is 5.79. The number of benzene rings is 1. The van der Waals surface area contributed by atoms with Gasteiger partial charge in [0.1, 0.15) is 0 Å². The number of hydrogen-bond donors (Lipinski definition) is 1. The molecule has 0 bridgehead atoms. The minimum atomic E-state index is -0.854. The first kappa shape index (κ1) is 15.7. The molecule has 3 heteroatoms. The van der Waals surface area contributed by atoms with Crippen molar-refractivity contribution in [3.8, 4) is 0 Å². The lowest BCUT2D eigenvalue weighted by atomic mass is 10.0.